The van der Waals surface area contributed by atoms with E-state index in [4.69, 9.17) is 5.73 Å². The standard InChI is InChI=1S/C15H18FN5O2S/c1-9(14(23)18-11-5-3-10(16)4-6-11)24-15-20-19-13(21(15)2)8-7-12(17)22/h3-6,9H,7-8H2,1-2H3,(H2,17,22)(H,18,23)/t9-/m1/s1. The fourth-order valence-corrected chi connectivity index (χ4v) is 2.72. The Kier molecular flexibility index (Phi) is 5.91. The highest BCUT2D eigenvalue weighted by Gasteiger charge is 2.19. The van der Waals surface area contributed by atoms with Gasteiger partial charge in [-0.15, -0.1) is 10.2 Å². The maximum absolute atomic E-state index is 12.9. The predicted molar refractivity (Wildman–Crippen MR) is 88.9 cm³/mol. The van der Waals surface area contributed by atoms with Gasteiger partial charge in [0.1, 0.15) is 11.6 Å². The first-order chi connectivity index (χ1) is 11.4. The van der Waals surface area contributed by atoms with Gasteiger partial charge in [-0.2, -0.15) is 0 Å². The van der Waals surface area contributed by atoms with Gasteiger partial charge in [-0.05, 0) is 31.2 Å². The second-order valence-corrected chi connectivity index (χ2v) is 6.49. The average molecular weight is 351 g/mol. The molecule has 9 heteroatoms. The monoisotopic (exact) mass is 351 g/mol. The minimum atomic E-state index is -0.429. The number of thioether (sulfide) groups is 1. The van der Waals surface area contributed by atoms with Crippen molar-refractivity contribution in [3.05, 3.63) is 35.9 Å². The number of primary amides is 1. The summed E-state index contributed by atoms with van der Waals surface area (Å²) in [5.41, 5.74) is 5.64. The van der Waals surface area contributed by atoms with Crippen molar-refractivity contribution in [2.75, 3.05) is 5.32 Å². The number of carbonyl (C=O) groups excluding carboxylic acids is 2. The van der Waals surface area contributed by atoms with Crippen molar-refractivity contribution in [1.82, 2.24) is 14.8 Å². The highest BCUT2D eigenvalue weighted by Crippen LogP contribution is 2.23. The van der Waals surface area contributed by atoms with Crippen LogP contribution >= 0.6 is 11.8 Å². The highest BCUT2D eigenvalue weighted by atomic mass is 32.2. The molecule has 2 rings (SSSR count). The molecule has 0 saturated carbocycles. The van der Waals surface area contributed by atoms with Gasteiger partial charge in [-0.25, -0.2) is 4.39 Å². The summed E-state index contributed by atoms with van der Waals surface area (Å²) in [6.07, 6.45) is 0.590. The Hall–Kier alpha value is -2.42. The van der Waals surface area contributed by atoms with E-state index in [1.807, 2.05) is 0 Å². The van der Waals surface area contributed by atoms with E-state index in [1.54, 1.807) is 18.5 Å². The Morgan fingerprint density at radius 3 is 2.62 bits per heavy atom. The van der Waals surface area contributed by atoms with Gasteiger partial charge in [0, 0.05) is 25.6 Å². The summed E-state index contributed by atoms with van der Waals surface area (Å²) in [5.74, 6) is -0.368. The van der Waals surface area contributed by atoms with E-state index in [-0.39, 0.29) is 18.1 Å². The Morgan fingerprint density at radius 1 is 1.33 bits per heavy atom. The molecule has 1 aromatic heterocycles. The Bertz CT molecular complexity index is 732. The molecule has 0 radical (unpaired) electrons. The molecule has 0 fully saturated rings. The average Bonchev–Trinajstić information content (AvgIpc) is 2.88. The van der Waals surface area contributed by atoms with Crippen molar-refractivity contribution >= 4 is 29.3 Å². The zero-order chi connectivity index (χ0) is 17.7. The predicted octanol–water partition coefficient (Wildman–Crippen LogP) is 1.49. The number of anilines is 1. The number of amides is 2. The molecule has 0 unspecified atom stereocenters. The zero-order valence-electron chi connectivity index (χ0n) is 13.3. The number of carbonyl (C=O) groups is 2. The summed E-state index contributed by atoms with van der Waals surface area (Å²) < 4.78 is 14.6. The molecule has 24 heavy (non-hydrogen) atoms. The number of nitrogens with one attached hydrogen (secondary N) is 1. The molecule has 128 valence electrons. The van der Waals surface area contributed by atoms with Crippen LogP contribution in [0.15, 0.2) is 29.4 Å². The van der Waals surface area contributed by atoms with Crippen molar-refractivity contribution in [3.8, 4) is 0 Å². The smallest absolute Gasteiger partial charge is 0.237 e. The third kappa shape index (κ3) is 4.79. The van der Waals surface area contributed by atoms with Crippen LogP contribution in [0.3, 0.4) is 0 Å². The SMILES string of the molecule is C[C@@H](Sc1nnc(CCC(N)=O)n1C)C(=O)Nc1ccc(F)cc1. The number of halogens is 1. The lowest BCUT2D eigenvalue weighted by Crippen LogP contribution is -2.22. The molecule has 1 aromatic carbocycles. The fourth-order valence-electron chi connectivity index (χ4n) is 1.89. The van der Waals surface area contributed by atoms with Crippen molar-refractivity contribution in [3.63, 3.8) is 0 Å². The van der Waals surface area contributed by atoms with Crippen molar-refractivity contribution in [1.29, 1.82) is 0 Å². The van der Waals surface area contributed by atoms with Crippen molar-refractivity contribution in [2.45, 2.75) is 30.2 Å². The second kappa shape index (κ2) is 7.91. The summed E-state index contributed by atoms with van der Waals surface area (Å²) in [7, 11) is 1.77. The highest BCUT2D eigenvalue weighted by molar-refractivity contribution is 8.00. The number of nitrogens with two attached hydrogens (primary N) is 1. The van der Waals surface area contributed by atoms with E-state index >= 15 is 0 Å². The number of hydrogen-bond acceptors (Lipinski definition) is 5. The summed E-state index contributed by atoms with van der Waals surface area (Å²) >= 11 is 1.24. The second-order valence-electron chi connectivity index (χ2n) is 5.18. The number of nitrogens with zero attached hydrogens (tertiary/aromatic N) is 3. The molecule has 0 aliphatic rings. The number of benzene rings is 1. The molecule has 3 N–H and O–H groups in total. The molecular formula is C15H18FN5O2S. The summed E-state index contributed by atoms with van der Waals surface area (Å²) in [6, 6.07) is 5.55. The number of aryl methyl sites for hydroxylation is 1. The van der Waals surface area contributed by atoms with Gasteiger partial charge < -0.3 is 15.6 Å². The molecule has 1 atom stereocenters. The quantitative estimate of drug-likeness (QED) is 0.736. The van der Waals surface area contributed by atoms with Gasteiger partial charge in [0.25, 0.3) is 0 Å². The number of hydrogen-bond donors (Lipinski definition) is 2. The minimum absolute atomic E-state index is 0.192. The van der Waals surface area contributed by atoms with Gasteiger partial charge >= 0.3 is 0 Å². The van der Waals surface area contributed by atoms with E-state index in [1.165, 1.54) is 36.0 Å². The molecule has 2 amide bonds. The third-order valence-electron chi connectivity index (χ3n) is 3.28. The first kappa shape index (κ1) is 17.9. The molecule has 2 aromatic rings. The van der Waals surface area contributed by atoms with E-state index in [0.717, 1.165) is 0 Å². The van der Waals surface area contributed by atoms with E-state index in [0.29, 0.717) is 23.1 Å². The molecule has 0 saturated heterocycles. The van der Waals surface area contributed by atoms with Crippen LogP contribution in [0.4, 0.5) is 10.1 Å². The largest absolute Gasteiger partial charge is 0.370 e. The lowest BCUT2D eigenvalue weighted by atomic mass is 10.3. The van der Waals surface area contributed by atoms with Crippen LogP contribution in [0, 0.1) is 5.82 Å². The summed E-state index contributed by atoms with van der Waals surface area (Å²) in [5, 5.41) is 10.9. The Balaban J connectivity index is 1.96. The van der Waals surface area contributed by atoms with Gasteiger partial charge in [-0.1, -0.05) is 11.8 Å². The van der Waals surface area contributed by atoms with Crippen LogP contribution < -0.4 is 11.1 Å². The van der Waals surface area contributed by atoms with Crippen LogP contribution in [0.1, 0.15) is 19.2 Å². The first-order valence-corrected chi connectivity index (χ1v) is 8.14. The topological polar surface area (TPSA) is 103 Å². The molecule has 0 spiro atoms. The van der Waals surface area contributed by atoms with Crippen LogP contribution in [0.25, 0.3) is 0 Å². The summed E-state index contributed by atoms with van der Waals surface area (Å²) in [4.78, 5) is 23.0. The summed E-state index contributed by atoms with van der Waals surface area (Å²) in [6.45, 7) is 1.74. The maximum atomic E-state index is 12.9. The molecular weight excluding hydrogens is 333 g/mol. The number of rotatable bonds is 7. The Morgan fingerprint density at radius 2 is 2.00 bits per heavy atom. The van der Waals surface area contributed by atoms with Gasteiger partial charge in [0.05, 0.1) is 5.25 Å². The van der Waals surface area contributed by atoms with E-state index in [2.05, 4.69) is 15.5 Å². The van der Waals surface area contributed by atoms with E-state index in [9.17, 15) is 14.0 Å². The van der Waals surface area contributed by atoms with Crippen LogP contribution in [-0.2, 0) is 23.1 Å². The van der Waals surface area contributed by atoms with Gasteiger partial charge in [0.15, 0.2) is 5.16 Å². The molecule has 0 bridgehead atoms. The minimum Gasteiger partial charge on any atom is -0.370 e. The third-order valence-corrected chi connectivity index (χ3v) is 4.42. The molecule has 1 heterocycles. The van der Waals surface area contributed by atoms with Crippen LogP contribution in [-0.4, -0.2) is 31.8 Å². The lowest BCUT2D eigenvalue weighted by Gasteiger charge is -2.11. The zero-order valence-corrected chi connectivity index (χ0v) is 14.1. The lowest BCUT2D eigenvalue weighted by molar-refractivity contribution is -0.118. The van der Waals surface area contributed by atoms with Crippen LogP contribution in [0.5, 0.6) is 0 Å². The number of aromatic nitrogens is 3. The molecule has 0 aliphatic heterocycles. The van der Waals surface area contributed by atoms with Crippen LogP contribution in [0.2, 0.25) is 0 Å². The van der Waals surface area contributed by atoms with Gasteiger partial charge in [0.2, 0.25) is 11.8 Å². The normalized spacial score (nSPS) is 12.0. The molecule has 7 nitrogen and oxygen atoms in total. The van der Waals surface area contributed by atoms with Crippen molar-refractivity contribution < 1.29 is 14.0 Å². The Labute approximate surface area is 142 Å². The molecule has 0 aliphatic carbocycles. The van der Waals surface area contributed by atoms with E-state index < -0.39 is 11.2 Å². The van der Waals surface area contributed by atoms with Crippen molar-refractivity contribution in [2.24, 2.45) is 12.8 Å². The fraction of sp³-hybridized carbons (Fsp3) is 0.333. The maximum Gasteiger partial charge on any atom is 0.237 e. The van der Waals surface area contributed by atoms with Gasteiger partial charge in [-0.3, -0.25) is 9.59 Å². The first-order valence-electron chi connectivity index (χ1n) is 7.26.